The van der Waals surface area contributed by atoms with E-state index in [4.69, 9.17) is 10.2 Å². The summed E-state index contributed by atoms with van der Waals surface area (Å²) in [6.07, 6.45) is 1.80. The molecule has 4 N–H and O–H groups in total. The average Bonchev–Trinajstić information content (AvgIpc) is 3.17. The van der Waals surface area contributed by atoms with Gasteiger partial charge in [0.1, 0.15) is 17.1 Å². The number of hydrogen-bond acceptors (Lipinski definition) is 5. The number of nitrogen functional groups attached to an aromatic ring is 1. The number of aromatic amines is 1. The van der Waals surface area contributed by atoms with E-state index in [2.05, 4.69) is 20.3 Å². The molecule has 3 heterocycles. The van der Waals surface area contributed by atoms with Gasteiger partial charge in [0.25, 0.3) is 5.91 Å². The van der Waals surface area contributed by atoms with E-state index in [1.165, 1.54) is 0 Å². The largest absolute Gasteiger partial charge is 0.460 e. The van der Waals surface area contributed by atoms with E-state index in [-0.39, 0.29) is 23.6 Å². The van der Waals surface area contributed by atoms with Gasteiger partial charge in [0.15, 0.2) is 5.76 Å². The van der Waals surface area contributed by atoms with E-state index in [0.29, 0.717) is 11.5 Å². The lowest BCUT2D eigenvalue weighted by molar-refractivity contribution is 0.0934. The lowest BCUT2D eigenvalue weighted by Gasteiger charge is -2.12. The van der Waals surface area contributed by atoms with Crippen LogP contribution in [0.25, 0.3) is 11.5 Å². The summed E-state index contributed by atoms with van der Waals surface area (Å²) in [6, 6.07) is 8.75. The van der Waals surface area contributed by atoms with Gasteiger partial charge < -0.3 is 20.5 Å². The summed E-state index contributed by atoms with van der Waals surface area (Å²) in [5, 5.41) is 2.86. The summed E-state index contributed by atoms with van der Waals surface area (Å²) in [7, 11) is 0. The Hall–Kier alpha value is -3.09. The highest BCUT2D eigenvalue weighted by Crippen LogP contribution is 2.21. The van der Waals surface area contributed by atoms with Gasteiger partial charge in [0, 0.05) is 11.9 Å². The molecule has 0 saturated carbocycles. The Morgan fingerprint density at radius 1 is 1.35 bits per heavy atom. The van der Waals surface area contributed by atoms with Crippen LogP contribution in [0.15, 0.2) is 40.9 Å². The van der Waals surface area contributed by atoms with Crippen molar-refractivity contribution in [3.05, 3.63) is 53.7 Å². The van der Waals surface area contributed by atoms with Crippen LogP contribution in [0.2, 0.25) is 0 Å². The van der Waals surface area contributed by atoms with Crippen molar-refractivity contribution < 1.29 is 9.21 Å². The van der Waals surface area contributed by atoms with Crippen LogP contribution in [-0.2, 0) is 0 Å². The number of carbonyl (C=O) groups excluding carboxylic acids is 1. The highest BCUT2D eigenvalue weighted by atomic mass is 16.3. The number of nitrogens with zero attached hydrogens (tertiary/aromatic N) is 2. The zero-order chi connectivity index (χ0) is 16.4. The number of anilines is 1. The summed E-state index contributed by atoms with van der Waals surface area (Å²) < 4.78 is 5.52. The van der Waals surface area contributed by atoms with Gasteiger partial charge in [0.05, 0.1) is 6.04 Å². The van der Waals surface area contributed by atoms with Crippen molar-refractivity contribution in [3.63, 3.8) is 0 Å². The second-order valence-corrected chi connectivity index (χ2v) is 5.23. The van der Waals surface area contributed by atoms with Crippen molar-refractivity contribution in [3.8, 4) is 11.5 Å². The topological polar surface area (TPSA) is 110 Å². The first-order valence-electron chi connectivity index (χ1n) is 7.18. The van der Waals surface area contributed by atoms with Crippen molar-refractivity contribution in [1.29, 1.82) is 0 Å². The highest BCUT2D eigenvalue weighted by molar-refractivity contribution is 5.93. The quantitative estimate of drug-likeness (QED) is 0.685. The van der Waals surface area contributed by atoms with Crippen LogP contribution >= 0.6 is 0 Å². The molecule has 23 heavy (non-hydrogen) atoms. The minimum Gasteiger partial charge on any atom is -0.460 e. The first kappa shape index (κ1) is 14.8. The fourth-order valence-corrected chi connectivity index (χ4v) is 2.24. The van der Waals surface area contributed by atoms with Crippen molar-refractivity contribution in [2.24, 2.45) is 0 Å². The Labute approximate surface area is 132 Å². The standard InChI is InChI=1S/C16H17N5O2/c1-9-5-6-14(23-9)12-8-13(21-16(17)20-12)15(22)19-10(2)11-4-3-7-18-11/h3-8,10,18H,1-2H3,(H,19,22)(H2,17,20,21). The summed E-state index contributed by atoms with van der Waals surface area (Å²) in [5.41, 5.74) is 7.29. The van der Waals surface area contributed by atoms with E-state index in [1.807, 2.05) is 32.0 Å². The number of hydrogen-bond donors (Lipinski definition) is 3. The minimum atomic E-state index is -0.328. The van der Waals surface area contributed by atoms with Crippen molar-refractivity contribution in [2.45, 2.75) is 19.9 Å². The molecule has 0 aliphatic carbocycles. The van der Waals surface area contributed by atoms with E-state index < -0.39 is 0 Å². The second-order valence-electron chi connectivity index (χ2n) is 5.23. The maximum Gasteiger partial charge on any atom is 0.270 e. The number of amides is 1. The minimum absolute atomic E-state index is 0.0224. The SMILES string of the molecule is Cc1ccc(-c2cc(C(=O)NC(C)c3ccc[nH]3)nc(N)n2)o1. The molecule has 3 rings (SSSR count). The van der Waals surface area contributed by atoms with Crippen LogP contribution in [0.5, 0.6) is 0 Å². The maximum absolute atomic E-state index is 12.4. The number of aromatic nitrogens is 3. The normalized spacial score (nSPS) is 12.1. The molecule has 3 aromatic rings. The molecular weight excluding hydrogens is 294 g/mol. The summed E-state index contributed by atoms with van der Waals surface area (Å²) in [6.45, 7) is 3.71. The van der Waals surface area contributed by atoms with Crippen LogP contribution in [0.3, 0.4) is 0 Å². The third kappa shape index (κ3) is 3.23. The lowest BCUT2D eigenvalue weighted by atomic mass is 10.2. The van der Waals surface area contributed by atoms with Crippen molar-refractivity contribution >= 4 is 11.9 Å². The molecule has 0 radical (unpaired) electrons. The maximum atomic E-state index is 12.4. The van der Waals surface area contributed by atoms with Crippen LogP contribution in [0, 0.1) is 6.92 Å². The first-order valence-corrected chi connectivity index (χ1v) is 7.18. The number of H-pyrrole nitrogens is 1. The molecule has 1 atom stereocenters. The second kappa shape index (κ2) is 5.96. The summed E-state index contributed by atoms with van der Waals surface area (Å²) in [4.78, 5) is 23.6. The Bertz CT molecular complexity index is 823. The summed E-state index contributed by atoms with van der Waals surface area (Å²) in [5.74, 6) is 0.992. The third-order valence-corrected chi connectivity index (χ3v) is 3.41. The summed E-state index contributed by atoms with van der Waals surface area (Å²) >= 11 is 0. The molecule has 7 heteroatoms. The van der Waals surface area contributed by atoms with E-state index in [1.54, 1.807) is 18.3 Å². The van der Waals surface area contributed by atoms with Gasteiger partial charge in [-0.1, -0.05) is 0 Å². The van der Waals surface area contributed by atoms with Crippen molar-refractivity contribution in [2.75, 3.05) is 5.73 Å². The first-order chi connectivity index (χ1) is 11.0. The monoisotopic (exact) mass is 311 g/mol. The Morgan fingerprint density at radius 3 is 2.83 bits per heavy atom. The number of carbonyl (C=O) groups is 1. The van der Waals surface area contributed by atoms with Crippen molar-refractivity contribution in [1.82, 2.24) is 20.3 Å². The number of furan rings is 1. The molecule has 0 saturated heterocycles. The molecule has 0 aliphatic rings. The van der Waals surface area contributed by atoms with Crippen LogP contribution in [-0.4, -0.2) is 20.9 Å². The van der Waals surface area contributed by atoms with Gasteiger partial charge in [-0.2, -0.15) is 0 Å². The number of nitrogens with two attached hydrogens (primary N) is 1. The smallest absolute Gasteiger partial charge is 0.270 e. The number of rotatable bonds is 4. The molecule has 0 aliphatic heterocycles. The molecule has 0 fully saturated rings. The molecule has 1 amide bonds. The predicted octanol–water partition coefficient (Wildman–Crippen LogP) is 2.45. The molecule has 0 spiro atoms. The predicted molar refractivity (Wildman–Crippen MR) is 85.6 cm³/mol. The van der Waals surface area contributed by atoms with Crippen LogP contribution < -0.4 is 11.1 Å². The third-order valence-electron chi connectivity index (χ3n) is 3.41. The molecule has 1 unspecified atom stereocenters. The average molecular weight is 311 g/mol. The zero-order valence-electron chi connectivity index (χ0n) is 12.8. The molecule has 3 aromatic heterocycles. The van der Waals surface area contributed by atoms with E-state index in [0.717, 1.165) is 11.5 Å². The van der Waals surface area contributed by atoms with E-state index >= 15 is 0 Å². The van der Waals surface area contributed by atoms with Crippen LogP contribution in [0.1, 0.15) is 34.9 Å². The van der Waals surface area contributed by atoms with Gasteiger partial charge in [0.2, 0.25) is 5.95 Å². The highest BCUT2D eigenvalue weighted by Gasteiger charge is 2.16. The van der Waals surface area contributed by atoms with Gasteiger partial charge in [-0.15, -0.1) is 0 Å². The Balaban J connectivity index is 1.84. The number of nitrogens with one attached hydrogen (secondary N) is 2. The van der Waals surface area contributed by atoms with Gasteiger partial charge in [-0.25, -0.2) is 9.97 Å². The van der Waals surface area contributed by atoms with E-state index in [9.17, 15) is 4.79 Å². The lowest BCUT2D eigenvalue weighted by Crippen LogP contribution is -2.28. The fraction of sp³-hybridized carbons (Fsp3) is 0.188. The molecule has 7 nitrogen and oxygen atoms in total. The zero-order valence-corrected chi connectivity index (χ0v) is 12.8. The molecule has 118 valence electrons. The van der Waals surface area contributed by atoms with Gasteiger partial charge in [-0.05, 0) is 44.2 Å². The Morgan fingerprint density at radius 2 is 2.17 bits per heavy atom. The number of aryl methyl sites for hydroxylation is 1. The molecule has 0 bridgehead atoms. The fourth-order valence-electron chi connectivity index (χ4n) is 2.24. The molecule has 0 aromatic carbocycles. The van der Waals surface area contributed by atoms with Gasteiger partial charge >= 0.3 is 0 Å². The Kier molecular flexibility index (Phi) is 3.84. The van der Waals surface area contributed by atoms with Crippen LogP contribution in [0.4, 0.5) is 5.95 Å². The van der Waals surface area contributed by atoms with Gasteiger partial charge in [-0.3, -0.25) is 4.79 Å². The molecular formula is C16H17N5O2.